The van der Waals surface area contributed by atoms with Gasteiger partial charge in [-0.25, -0.2) is 0 Å². The number of benzene rings is 2. The average Bonchev–Trinajstić information content (AvgIpc) is 2.57. The van der Waals surface area contributed by atoms with Crippen molar-refractivity contribution in [1.82, 2.24) is 4.90 Å². The van der Waals surface area contributed by atoms with E-state index in [9.17, 15) is 9.90 Å². The van der Waals surface area contributed by atoms with Gasteiger partial charge in [0.05, 0.1) is 6.42 Å². The van der Waals surface area contributed by atoms with Crippen LogP contribution in [0.2, 0.25) is 5.02 Å². The van der Waals surface area contributed by atoms with Gasteiger partial charge in [-0.1, -0.05) is 29.8 Å². The Kier molecular flexibility index (Phi) is 4.72. The maximum absolute atomic E-state index is 12.4. The number of hydrogen-bond acceptors (Lipinski definition) is 3. The van der Waals surface area contributed by atoms with Crippen molar-refractivity contribution in [1.29, 1.82) is 0 Å². The molecule has 1 N–H and O–H groups in total. The molecule has 3 rings (SSSR count). The summed E-state index contributed by atoms with van der Waals surface area (Å²) in [5.41, 5.74) is 2.02. The minimum Gasteiger partial charge on any atom is -0.508 e. The summed E-state index contributed by atoms with van der Waals surface area (Å²) in [4.78, 5) is 16.5. The Bertz CT molecular complexity index is 680. The smallest absolute Gasteiger partial charge is 0.227 e. The van der Waals surface area contributed by atoms with Gasteiger partial charge in [0.15, 0.2) is 0 Å². The predicted octanol–water partition coefficient (Wildman–Crippen LogP) is 2.94. The van der Waals surface area contributed by atoms with Gasteiger partial charge in [-0.3, -0.25) is 4.79 Å². The van der Waals surface area contributed by atoms with E-state index in [4.69, 9.17) is 11.6 Å². The minimum atomic E-state index is 0.126. The van der Waals surface area contributed by atoms with E-state index in [1.807, 2.05) is 29.2 Å². The number of carbonyl (C=O) groups excluding carboxylic acids is 1. The highest BCUT2D eigenvalue weighted by atomic mass is 35.5. The fraction of sp³-hybridized carbons (Fsp3) is 0.278. The summed E-state index contributed by atoms with van der Waals surface area (Å²) >= 11 is 6.04. The van der Waals surface area contributed by atoms with E-state index in [1.54, 1.807) is 24.3 Å². The van der Waals surface area contributed by atoms with Crippen LogP contribution in [0.1, 0.15) is 5.56 Å². The predicted molar refractivity (Wildman–Crippen MR) is 92.1 cm³/mol. The van der Waals surface area contributed by atoms with Crippen molar-refractivity contribution in [2.45, 2.75) is 6.42 Å². The van der Waals surface area contributed by atoms with Crippen molar-refractivity contribution in [3.05, 3.63) is 59.1 Å². The van der Waals surface area contributed by atoms with Crippen molar-refractivity contribution in [3.63, 3.8) is 0 Å². The Hall–Kier alpha value is -2.20. The number of piperazine rings is 1. The first-order valence-electron chi connectivity index (χ1n) is 7.68. The molecule has 4 nitrogen and oxygen atoms in total. The molecule has 0 radical (unpaired) electrons. The summed E-state index contributed by atoms with van der Waals surface area (Å²) in [6.45, 7) is 3.04. The topological polar surface area (TPSA) is 43.8 Å². The normalized spacial score (nSPS) is 14.8. The molecule has 0 unspecified atom stereocenters. The standard InChI is InChI=1S/C18H19ClN2O2/c19-15-2-1-3-16(13-15)20-8-10-21(11-9-20)18(23)12-14-4-6-17(22)7-5-14/h1-7,13,22H,8-12H2. The van der Waals surface area contributed by atoms with Crippen LogP contribution in [0.4, 0.5) is 5.69 Å². The fourth-order valence-corrected chi connectivity index (χ4v) is 2.97. The van der Waals surface area contributed by atoms with Crippen molar-refractivity contribution in [2.75, 3.05) is 31.1 Å². The van der Waals surface area contributed by atoms with Gasteiger partial charge < -0.3 is 14.9 Å². The van der Waals surface area contributed by atoms with E-state index in [0.29, 0.717) is 19.5 Å². The first kappa shape index (κ1) is 15.7. The number of carbonyl (C=O) groups is 1. The Morgan fingerprint density at radius 1 is 1.04 bits per heavy atom. The SMILES string of the molecule is O=C(Cc1ccc(O)cc1)N1CCN(c2cccc(Cl)c2)CC1. The number of nitrogens with zero attached hydrogens (tertiary/aromatic N) is 2. The Morgan fingerprint density at radius 2 is 1.74 bits per heavy atom. The lowest BCUT2D eigenvalue weighted by Crippen LogP contribution is -2.49. The van der Waals surface area contributed by atoms with Gasteiger partial charge in [-0.05, 0) is 35.9 Å². The number of halogens is 1. The van der Waals surface area contributed by atoms with Crippen LogP contribution in [-0.2, 0) is 11.2 Å². The summed E-state index contributed by atoms with van der Waals surface area (Å²) in [6, 6.07) is 14.6. The summed E-state index contributed by atoms with van der Waals surface area (Å²) in [5, 5.41) is 10.0. The lowest BCUT2D eigenvalue weighted by molar-refractivity contribution is -0.130. The van der Waals surface area contributed by atoms with Crippen molar-refractivity contribution in [2.24, 2.45) is 0 Å². The number of aromatic hydroxyl groups is 1. The quantitative estimate of drug-likeness (QED) is 0.941. The molecule has 1 amide bonds. The molecule has 1 aliphatic rings. The first-order valence-corrected chi connectivity index (χ1v) is 8.06. The maximum atomic E-state index is 12.4. The van der Waals surface area contributed by atoms with Crippen LogP contribution in [0.25, 0.3) is 0 Å². The summed E-state index contributed by atoms with van der Waals surface area (Å²) in [7, 11) is 0. The van der Waals surface area contributed by atoms with E-state index >= 15 is 0 Å². The van der Waals surface area contributed by atoms with Crippen molar-refractivity contribution < 1.29 is 9.90 Å². The largest absolute Gasteiger partial charge is 0.508 e. The summed E-state index contributed by atoms with van der Waals surface area (Å²) in [5.74, 6) is 0.345. The molecule has 0 aliphatic carbocycles. The van der Waals surface area contributed by atoms with Gasteiger partial charge in [-0.2, -0.15) is 0 Å². The molecule has 120 valence electrons. The Balaban J connectivity index is 1.56. The van der Waals surface area contributed by atoms with Crippen LogP contribution in [-0.4, -0.2) is 42.1 Å². The molecule has 1 aliphatic heterocycles. The maximum Gasteiger partial charge on any atom is 0.227 e. The number of anilines is 1. The molecule has 23 heavy (non-hydrogen) atoms. The van der Waals surface area contributed by atoms with E-state index in [2.05, 4.69) is 4.90 Å². The third kappa shape index (κ3) is 3.96. The average molecular weight is 331 g/mol. The van der Waals surface area contributed by atoms with Crippen molar-refractivity contribution in [3.8, 4) is 5.75 Å². The number of rotatable bonds is 3. The van der Waals surface area contributed by atoms with Gasteiger partial charge >= 0.3 is 0 Å². The Morgan fingerprint density at radius 3 is 2.39 bits per heavy atom. The van der Waals surface area contributed by atoms with Gasteiger partial charge in [-0.15, -0.1) is 0 Å². The van der Waals surface area contributed by atoms with Crippen LogP contribution in [0.5, 0.6) is 5.75 Å². The van der Waals surface area contributed by atoms with E-state index < -0.39 is 0 Å². The fourth-order valence-electron chi connectivity index (χ4n) is 2.79. The number of hydrogen-bond donors (Lipinski definition) is 1. The third-order valence-corrected chi connectivity index (χ3v) is 4.33. The molecule has 0 atom stereocenters. The number of phenolic OH excluding ortho intramolecular Hbond substituents is 1. The number of amides is 1. The van der Waals surface area contributed by atoms with E-state index in [0.717, 1.165) is 29.4 Å². The monoisotopic (exact) mass is 330 g/mol. The van der Waals surface area contributed by atoms with Crippen molar-refractivity contribution >= 4 is 23.2 Å². The van der Waals surface area contributed by atoms with Gasteiger partial charge in [0.25, 0.3) is 0 Å². The molecule has 0 aromatic heterocycles. The van der Waals surface area contributed by atoms with Gasteiger partial charge in [0.2, 0.25) is 5.91 Å². The second-order valence-electron chi connectivity index (χ2n) is 5.69. The first-order chi connectivity index (χ1) is 11.1. The van der Waals surface area contributed by atoms with Crippen LogP contribution in [0, 0.1) is 0 Å². The molecule has 2 aromatic carbocycles. The lowest BCUT2D eigenvalue weighted by atomic mass is 10.1. The molecule has 0 spiro atoms. The molecule has 1 heterocycles. The molecule has 2 aromatic rings. The van der Waals surface area contributed by atoms with Gasteiger partial charge in [0, 0.05) is 36.9 Å². The molecule has 1 fully saturated rings. The van der Waals surface area contributed by atoms with Crippen LogP contribution < -0.4 is 4.90 Å². The van der Waals surface area contributed by atoms with Crippen LogP contribution in [0.15, 0.2) is 48.5 Å². The summed E-state index contributed by atoms with van der Waals surface area (Å²) in [6.07, 6.45) is 0.372. The zero-order chi connectivity index (χ0) is 16.2. The highest BCUT2D eigenvalue weighted by Crippen LogP contribution is 2.21. The second kappa shape index (κ2) is 6.92. The molecule has 0 bridgehead atoms. The molecule has 0 saturated carbocycles. The lowest BCUT2D eigenvalue weighted by Gasteiger charge is -2.36. The highest BCUT2D eigenvalue weighted by molar-refractivity contribution is 6.30. The summed E-state index contributed by atoms with van der Waals surface area (Å²) < 4.78 is 0. The molecule has 1 saturated heterocycles. The van der Waals surface area contributed by atoms with E-state index in [1.165, 1.54) is 0 Å². The minimum absolute atomic E-state index is 0.126. The highest BCUT2D eigenvalue weighted by Gasteiger charge is 2.21. The third-order valence-electron chi connectivity index (χ3n) is 4.10. The second-order valence-corrected chi connectivity index (χ2v) is 6.13. The van der Waals surface area contributed by atoms with Crippen LogP contribution >= 0.6 is 11.6 Å². The number of phenols is 1. The van der Waals surface area contributed by atoms with Crippen LogP contribution in [0.3, 0.4) is 0 Å². The van der Waals surface area contributed by atoms with E-state index in [-0.39, 0.29) is 11.7 Å². The molecular formula is C18H19ClN2O2. The zero-order valence-corrected chi connectivity index (χ0v) is 13.5. The molecular weight excluding hydrogens is 312 g/mol. The van der Waals surface area contributed by atoms with Gasteiger partial charge in [0.1, 0.15) is 5.75 Å². The molecule has 5 heteroatoms. The Labute approximate surface area is 140 Å². The zero-order valence-electron chi connectivity index (χ0n) is 12.8.